The molecule has 0 amide bonds. The van der Waals surface area contributed by atoms with Crippen LogP contribution in [0.5, 0.6) is 0 Å². The van der Waals surface area contributed by atoms with Crippen molar-refractivity contribution in [2.75, 3.05) is 5.48 Å². The molecule has 0 unspecified atom stereocenters. The van der Waals surface area contributed by atoms with Crippen molar-refractivity contribution in [1.29, 1.82) is 0 Å². The SMILES string of the molecule is O=C(ONc1ccccc1Cl)c1cccc2ccccc12. The van der Waals surface area contributed by atoms with Crippen LogP contribution in [0.2, 0.25) is 5.02 Å². The van der Waals surface area contributed by atoms with E-state index in [-0.39, 0.29) is 0 Å². The van der Waals surface area contributed by atoms with Crippen molar-refractivity contribution in [2.24, 2.45) is 0 Å². The molecule has 3 aromatic carbocycles. The summed E-state index contributed by atoms with van der Waals surface area (Å²) in [6.07, 6.45) is 0. The van der Waals surface area contributed by atoms with Gasteiger partial charge in [-0.25, -0.2) is 10.3 Å². The fourth-order valence-corrected chi connectivity index (χ4v) is 2.28. The van der Waals surface area contributed by atoms with Gasteiger partial charge in [-0.3, -0.25) is 0 Å². The molecule has 4 heteroatoms. The third kappa shape index (κ3) is 2.83. The fourth-order valence-electron chi connectivity index (χ4n) is 2.10. The number of carbonyl (C=O) groups excluding carboxylic acids is 1. The molecule has 0 spiro atoms. The largest absolute Gasteiger partial charge is 0.363 e. The van der Waals surface area contributed by atoms with E-state index in [1.165, 1.54) is 0 Å². The summed E-state index contributed by atoms with van der Waals surface area (Å²) in [5.41, 5.74) is 3.65. The number of fused-ring (bicyclic) bond motifs is 1. The van der Waals surface area contributed by atoms with E-state index in [0.29, 0.717) is 16.3 Å². The molecule has 0 heterocycles. The molecule has 3 rings (SSSR count). The number of hydrogen-bond donors (Lipinski definition) is 1. The summed E-state index contributed by atoms with van der Waals surface area (Å²) < 4.78 is 0. The Morgan fingerprint density at radius 2 is 1.62 bits per heavy atom. The van der Waals surface area contributed by atoms with Crippen LogP contribution in [0.4, 0.5) is 5.69 Å². The second kappa shape index (κ2) is 5.85. The van der Waals surface area contributed by atoms with Gasteiger partial charge in [-0.2, -0.15) is 0 Å². The summed E-state index contributed by atoms with van der Waals surface area (Å²) in [6, 6.07) is 20.2. The molecule has 0 radical (unpaired) electrons. The quantitative estimate of drug-likeness (QED) is 0.714. The minimum atomic E-state index is -0.452. The first-order chi connectivity index (χ1) is 10.3. The first kappa shape index (κ1) is 13.5. The first-order valence-electron chi connectivity index (χ1n) is 6.45. The highest BCUT2D eigenvalue weighted by atomic mass is 35.5. The molecule has 0 aromatic heterocycles. The lowest BCUT2D eigenvalue weighted by molar-refractivity contribution is 0.0599. The highest BCUT2D eigenvalue weighted by Crippen LogP contribution is 2.22. The lowest BCUT2D eigenvalue weighted by atomic mass is 10.1. The highest BCUT2D eigenvalue weighted by Gasteiger charge is 2.12. The Morgan fingerprint density at radius 3 is 2.48 bits per heavy atom. The summed E-state index contributed by atoms with van der Waals surface area (Å²) in [5, 5.41) is 2.33. The van der Waals surface area contributed by atoms with Crippen molar-refractivity contribution in [3.63, 3.8) is 0 Å². The number of benzene rings is 3. The second-order valence-corrected chi connectivity index (χ2v) is 4.91. The predicted octanol–water partition coefficient (Wildman–Crippen LogP) is 4.68. The standard InChI is InChI=1S/C17H12ClNO2/c18-15-10-3-4-11-16(15)19-21-17(20)14-9-5-7-12-6-1-2-8-13(12)14/h1-11,19H. The number of hydrogen-bond acceptors (Lipinski definition) is 3. The average molecular weight is 298 g/mol. The molecule has 0 saturated heterocycles. The summed E-state index contributed by atoms with van der Waals surface area (Å²) in [6.45, 7) is 0. The minimum Gasteiger partial charge on any atom is -0.338 e. The number of nitrogens with one attached hydrogen (secondary N) is 1. The molecule has 1 N–H and O–H groups in total. The Morgan fingerprint density at radius 1 is 0.905 bits per heavy atom. The van der Waals surface area contributed by atoms with E-state index in [2.05, 4.69) is 5.48 Å². The fraction of sp³-hybridized carbons (Fsp3) is 0. The molecule has 0 fully saturated rings. The molecule has 0 aliphatic heterocycles. The maximum Gasteiger partial charge on any atom is 0.363 e. The van der Waals surface area contributed by atoms with Crippen molar-refractivity contribution in [1.82, 2.24) is 0 Å². The van der Waals surface area contributed by atoms with Crippen molar-refractivity contribution >= 4 is 34.0 Å². The molecule has 0 saturated carbocycles. The van der Waals surface area contributed by atoms with Gasteiger partial charge < -0.3 is 4.84 Å². The molecule has 0 aliphatic rings. The number of anilines is 1. The van der Waals surface area contributed by atoms with Crippen LogP contribution in [0.1, 0.15) is 10.4 Å². The van der Waals surface area contributed by atoms with Gasteiger partial charge in [-0.05, 0) is 29.0 Å². The topological polar surface area (TPSA) is 38.3 Å². The zero-order chi connectivity index (χ0) is 14.7. The van der Waals surface area contributed by atoms with E-state index in [1.54, 1.807) is 30.3 Å². The molecule has 0 bridgehead atoms. The third-order valence-electron chi connectivity index (χ3n) is 3.14. The van der Waals surface area contributed by atoms with E-state index < -0.39 is 5.97 Å². The van der Waals surface area contributed by atoms with E-state index in [4.69, 9.17) is 16.4 Å². The Bertz CT molecular complexity index is 796. The maximum absolute atomic E-state index is 12.2. The molecule has 0 aliphatic carbocycles. The molecule has 21 heavy (non-hydrogen) atoms. The summed E-state index contributed by atoms with van der Waals surface area (Å²) in [4.78, 5) is 17.3. The second-order valence-electron chi connectivity index (χ2n) is 4.50. The Labute approximate surface area is 127 Å². The van der Waals surface area contributed by atoms with Gasteiger partial charge in [-0.1, -0.05) is 60.1 Å². The summed E-state index contributed by atoms with van der Waals surface area (Å²) in [5.74, 6) is -0.452. The van der Waals surface area contributed by atoms with Crippen LogP contribution in [0.3, 0.4) is 0 Å². The third-order valence-corrected chi connectivity index (χ3v) is 3.47. The van der Waals surface area contributed by atoms with Gasteiger partial charge in [0.2, 0.25) is 0 Å². The minimum absolute atomic E-state index is 0.452. The summed E-state index contributed by atoms with van der Waals surface area (Å²) in [7, 11) is 0. The van der Waals surface area contributed by atoms with E-state index in [9.17, 15) is 4.79 Å². The zero-order valence-electron chi connectivity index (χ0n) is 11.0. The number of halogens is 1. The van der Waals surface area contributed by atoms with Crippen LogP contribution in [-0.2, 0) is 4.84 Å². The van der Waals surface area contributed by atoms with Gasteiger partial charge in [0.1, 0.15) is 0 Å². The first-order valence-corrected chi connectivity index (χ1v) is 6.83. The van der Waals surface area contributed by atoms with E-state index in [0.717, 1.165) is 10.8 Å². The normalized spacial score (nSPS) is 10.3. The van der Waals surface area contributed by atoms with Gasteiger partial charge in [0.15, 0.2) is 0 Å². The van der Waals surface area contributed by atoms with Crippen LogP contribution in [-0.4, -0.2) is 5.97 Å². The van der Waals surface area contributed by atoms with Gasteiger partial charge in [0.25, 0.3) is 0 Å². The monoisotopic (exact) mass is 297 g/mol. The lowest BCUT2D eigenvalue weighted by Gasteiger charge is -2.09. The zero-order valence-corrected chi connectivity index (χ0v) is 11.8. The van der Waals surface area contributed by atoms with E-state index in [1.807, 2.05) is 36.4 Å². The van der Waals surface area contributed by atoms with Gasteiger partial charge in [-0.15, -0.1) is 0 Å². The number of carbonyl (C=O) groups is 1. The smallest absolute Gasteiger partial charge is 0.338 e. The van der Waals surface area contributed by atoms with Crippen LogP contribution >= 0.6 is 11.6 Å². The molecular weight excluding hydrogens is 286 g/mol. The van der Waals surface area contributed by atoms with Crippen molar-refractivity contribution in [2.45, 2.75) is 0 Å². The van der Waals surface area contributed by atoms with Crippen molar-refractivity contribution in [3.8, 4) is 0 Å². The Kier molecular flexibility index (Phi) is 3.75. The van der Waals surface area contributed by atoms with Gasteiger partial charge in [0.05, 0.1) is 16.3 Å². The lowest BCUT2D eigenvalue weighted by Crippen LogP contribution is -2.11. The van der Waals surface area contributed by atoms with Crippen molar-refractivity contribution < 1.29 is 9.63 Å². The Balaban J connectivity index is 1.83. The molecule has 104 valence electrons. The van der Waals surface area contributed by atoms with Crippen LogP contribution in [0.15, 0.2) is 66.7 Å². The number of para-hydroxylation sites is 1. The van der Waals surface area contributed by atoms with Gasteiger partial charge in [0, 0.05) is 0 Å². The van der Waals surface area contributed by atoms with Crippen molar-refractivity contribution in [3.05, 3.63) is 77.3 Å². The summed E-state index contributed by atoms with van der Waals surface area (Å²) >= 11 is 5.99. The van der Waals surface area contributed by atoms with Crippen LogP contribution in [0, 0.1) is 0 Å². The van der Waals surface area contributed by atoms with Crippen LogP contribution in [0.25, 0.3) is 10.8 Å². The Hall–Kier alpha value is -2.52. The molecule has 3 nitrogen and oxygen atoms in total. The van der Waals surface area contributed by atoms with Gasteiger partial charge >= 0.3 is 5.97 Å². The number of rotatable bonds is 3. The molecule has 3 aromatic rings. The maximum atomic E-state index is 12.2. The van der Waals surface area contributed by atoms with Crippen LogP contribution < -0.4 is 5.48 Å². The average Bonchev–Trinajstić information content (AvgIpc) is 2.53. The highest BCUT2D eigenvalue weighted by molar-refractivity contribution is 6.33. The molecule has 0 atom stereocenters. The van der Waals surface area contributed by atoms with E-state index >= 15 is 0 Å². The predicted molar refractivity (Wildman–Crippen MR) is 84.4 cm³/mol. The molecular formula is C17H12ClNO2.